The number of phenols is 1. The number of carbonyl (C=O) groups is 1. The molecular formula is C29H29N3O2. The number of nitriles is 1. The van der Waals surface area contributed by atoms with Gasteiger partial charge in [0.15, 0.2) is 0 Å². The Morgan fingerprint density at radius 2 is 1.65 bits per heavy atom. The molecule has 172 valence electrons. The standard InChI is InChI=1S/C29H29N3O2/c1-3-7-25-28(29(34)32-26(4-2)31-25)27(21-14-16-23(33)17-15-21)20-12-10-19(11-13-20)24-9-6-5-8-22(24)18-30/h5-6,8-17,26-28,33H,3-4,7H2,1-2H3,(H,32,34)/t26?,27-,28?/m1/s1. The van der Waals surface area contributed by atoms with Gasteiger partial charge in [-0.1, -0.05) is 74.9 Å². The fourth-order valence-electron chi connectivity index (χ4n) is 4.69. The first kappa shape index (κ1) is 23.3. The zero-order valence-corrected chi connectivity index (χ0v) is 19.5. The van der Waals surface area contributed by atoms with Gasteiger partial charge in [0.2, 0.25) is 5.91 Å². The summed E-state index contributed by atoms with van der Waals surface area (Å²) in [7, 11) is 0. The van der Waals surface area contributed by atoms with Gasteiger partial charge in [-0.05, 0) is 53.3 Å². The van der Waals surface area contributed by atoms with Gasteiger partial charge in [-0.3, -0.25) is 9.79 Å². The minimum atomic E-state index is -0.426. The Balaban J connectivity index is 1.80. The molecular weight excluding hydrogens is 422 g/mol. The van der Waals surface area contributed by atoms with Crippen LogP contribution in [0.2, 0.25) is 0 Å². The number of aliphatic imine (C=N–C) groups is 1. The second kappa shape index (κ2) is 10.4. The summed E-state index contributed by atoms with van der Waals surface area (Å²) in [5.41, 5.74) is 5.32. The average molecular weight is 452 g/mol. The van der Waals surface area contributed by atoms with Crippen LogP contribution in [0.1, 0.15) is 55.7 Å². The predicted octanol–water partition coefficient (Wildman–Crippen LogP) is 5.79. The van der Waals surface area contributed by atoms with Crippen molar-refractivity contribution in [2.24, 2.45) is 10.9 Å². The van der Waals surface area contributed by atoms with Crippen molar-refractivity contribution in [3.8, 4) is 22.9 Å². The van der Waals surface area contributed by atoms with Crippen molar-refractivity contribution in [2.75, 3.05) is 0 Å². The second-order valence-electron chi connectivity index (χ2n) is 8.63. The van der Waals surface area contributed by atoms with Crippen molar-refractivity contribution in [3.05, 3.63) is 89.5 Å². The number of benzene rings is 3. The van der Waals surface area contributed by atoms with Gasteiger partial charge in [-0.15, -0.1) is 0 Å². The molecule has 0 saturated carbocycles. The summed E-state index contributed by atoms with van der Waals surface area (Å²) in [5, 5.41) is 22.4. The minimum absolute atomic E-state index is 0.0118. The SMILES string of the molecule is CCCC1=NC(CC)NC(=O)C1[C@@H](c1ccc(O)cc1)c1ccc(-c2ccccc2C#N)cc1. The van der Waals surface area contributed by atoms with Crippen molar-refractivity contribution >= 4 is 11.6 Å². The Kier molecular flexibility index (Phi) is 7.08. The zero-order chi connectivity index (χ0) is 24.1. The van der Waals surface area contributed by atoms with E-state index in [4.69, 9.17) is 4.99 Å². The summed E-state index contributed by atoms with van der Waals surface area (Å²) in [6.45, 7) is 4.12. The van der Waals surface area contributed by atoms with E-state index < -0.39 is 5.92 Å². The highest BCUT2D eigenvalue weighted by molar-refractivity contribution is 6.07. The smallest absolute Gasteiger partial charge is 0.231 e. The largest absolute Gasteiger partial charge is 0.508 e. The highest BCUT2D eigenvalue weighted by Gasteiger charge is 2.38. The number of hydrogen-bond donors (Lipinski definition) is 2. The third-order valence-corrected chi connectivity index (χ3v) is 6.38. The second-order valence-corrected chi connectivity index (χ2v) is 8.63. The lowest BCUT2D eigenvalue weighted by Gasteiger charge is -2.34. The Bertz CT molecular complexity index is 1220. The number of rotatable bonds is 7. The third-order valence-electron chi connectivity index (χ3n) is 6.38. The van der Waals surface area contributed by atoms with E-state index in [9.17, 15) is 15.2 Å². The molecule has 0 saturated heterocycles. The molecule has 3 atom stereocenters. The van der Waals surface area contributed by atoms with Gasteiger partial charge in [-0.2, -0.15) is 5.26 Å². The van der Waals surface area contributed by atoms with Crippen molar-refractivity contribution in [1.29, 1.82) is 5.26 Å². The third kappa shape index (κ3) is 4.72. The van der Waals surface area contributed by atoms with Crippen molar-refractivity contribution in [1.82, 2.24) is 5.32 Å². The number of hydrogen-bond acceptors (Lipinski definition) is 4. The van der Waals surface area contributed by atoms with Crippen LogP contribution in [0.4, 0.5) is 0 Å². The summed E-state index contributed by atoms with van der Waals surface area (Å²) >= 11 is 0. The van der Waals surface area contributed by atoms with Crippen LogP contribution >= 0.6 is 0 Å². The van der Waals surface area contributed by atoms with Crippen molar-refractivity contribution < 1.29 is 9.90 Å². The topological polar surface area (TPSA) is 85.5 Å². The molecule has 3 aromatic carbocycles. The molecule has 1 amide bonds. The van der Waals surface area contributed by atoms with Gasteiger partial charge in [-0.25, -0.2) is 0 Å². The molecule has 4 rings (SSSR count). The highest BCUT2D eigenvalue weighted by atomic mass is 16.3. The molecule has 1 heterocycles. The van der Waals surface area contributed by atoms with E-state index in [0.29, 0.717) is 5.56 Å². The summed E-state index contributed by atoms with van der Waals surface area (Å²) < 4.78 is 0. The molecule has 2 unspecified atom stereocenters. The number of nitrogens with one attached hydrogen (secondary N) is 1. The molecule has 5 heteroatoms. The lowest BCUT2D eigenvalue weighted by molar-refractivity contribution is -0.124. The van der Waals surface area contributed by atoms with Crippen LogP contribution in [-0.4, -0.2) is 22.9 Å². The lowest BCUT2D eigenvalue weighted by Crippen LogP contribution is -2.48. The fraction of sp³-hybridized carbons (Fsp3) is 0.276. The molecule has 0 spiro atoms. The Morgan fingerprint density at radius 3 is 2.26 bits per heavy atom. The highest BCUT2D eigenvalue weighted by Crippen LogP contribution is 2.37. The quantitative estimate of drug-likeness (QED) is 0.477. The van der Waals surface area contributed by atoms with Gasteiger partial charge < -0.3 is 10.4 Å². The molecule has 0 fully saturated rings. The Morgan fingerprint density at radius 1 is 1.00 bits per heavy atom. The van der Waals surface area contributed by atoms with E-state index >= 15 is 0 Å². The molecule has 2 N–H and O–H groups in total. The summed E-state index contributed by atoms with van der Waals surface area (Å²) in [5.74, 6) is -0.497. The predicted molar refractivity (Wildman–Crippen MR) is 135 cm³/mol. The van der Waals surface area contributed by atoms with Crippen LogP contribution in [-0.2, 0) is 4.79 Å². The molecule has 1 aliphatic rings. The molecule has 0 aliphatic carbocycles. The molecule has 0 radical (unpaired) electrons. The van der Waals surface area contributed by atoms with Crippen LogP contribution in [0.5, 0.6) is 5.75 Å². The van der Waals surface area contributed by atoms with E-state index in [0.717, 1.165) is 47.2 Å². The molecule has 3 aromatic rings. The summed E-state index contributed by atoms with van der Waals surface area (Å²) in [6.07, 6.45) is 2.24. The van der Waals surface area contributed by atoms with Gasteiger partial charge in [0.1, 0.15) is 11.9 Å². The number of nitrogens with zero attached hydrogens (tertiary/aromatic N) is 2. The number of carbonyl (C=O) groups excluding carboxylic acids is 1. The van der Waals surface area contributed by atoms with Crippen LogP contribution in [0, 0.1) is 17.2 Å². The maximum absolute atomic E-state index is 13.4. The van der Waals surface area contributed by atoms with Crippen LogP contribution in [0.3, 0.4) is 0 Å². The Hall–Kier alpha value is -3.91. The Labute approximate surface area is 200 Å². The van der Waals surface area contributed by atoms with E-state index in [1.54, 1.807) is 12.1 Å². The molecule has 5 nitrogen and oxygen atoms in total. The maximum atomic E-state index is 13.4. The van der Waals surface area contributed by atoms with Crippen LogP contribution in [0.25, 0.3) is 11.1 Å². The first-order chi connectivity index (χ1) is 16.5. The summed E-state index contributed by atoms with van der Waals surface area (Å²) in [4.78, 5) is 18.3. The van der Waals surface area contributed by atoms with Crippen LogP contribution in [0.15, 0.2) is 77.8 Å². The van der Waals surface area contributed by atoms with Gasteiger partial charge in [0.05, 0.1) is 17.6 Å². The number of aromatic hydroxyl groups is 1. The number of phenolic OH excluding ortho intramolecular Hbond substituents is 1. The van der Waals surface area contributed by atoms with Crippen molar-refractivity contribution in [2.45, 2.75) is 45.2 Å². The number of amides is 1. The average Bonchev–Trinajstić information content (AvgIpc) is 2.87. The van der Waals surface area contributed by atoms with E-state index in [1.165, 1.54) is 0 Å². The normalized spacial score (nSPS) is 18.5. The van der Waals surface area contributed by atoms with E-state index in [2.05, 4.69) is 18.3 Å². The molecule has 0 bridgehead atoms. The van der Waals surface area contributed by atoms with Crippen molar-refractivity contribution in [3.63, 3.8) is 0 Å². The van der Waals surface area contributed by atoms with Crippen LogP contribution < -0.4 is 5.32 Å². The lowest BCUT2D eigenvalue weighted by atomic mass is 9.75. The molecule has 1 aliphatic heterocycles. The molecule has 34 heavy (non-hydrogen) atoms. The fourth-order valence-corrected chi connectivity index (χ4v) is 4.69. The van der Waals surface area contributed by atoms with E-state index in [-0.39, 0.29) is 23.7 Å². The van der Waals surface area contributed by atoms with Gasteiger partial charge in [0, 0.05) is 11.6 Å². The summed E-state index contributed by atoms with van der Waals surface area (Å²) in [6, 6.07) is 24.9. The zero-order valence-electron chi connectivity index (χ0n) is 19.5. The first-order valence-corrected chi connectivity index (χ1v) is 11.8. The first-order valence-electron chi connectivity index (χ1n) is 11.8. The van der Waals surface area contributed by atoms with Gasteiger partial charge >= 0.3 is 0 Å². The van der Waals surface area contributed by atoms with E-state index in [1.807, 2.05) is 67.6 Å². The molecule has 0 aromatic heterocycles. The monoisotopic (exact) mass is 451 g/mol. The van der Waals surface area contributed by atoms with Gasteiger partial charge in [0.25, 0.3) is 0 Å². The maximum Gasteiger partial charge on any atom is 0.231 e. The minimum Gasteiger partial charge on any atom is -0.508 e.